The number of hydrogen-bond donors (Lipinski definition) is 2. The van der Waals surface area contributed by atoms with Crippen LogP contribution in [0, 0.1) is 11.8 Å². The van der Waals surface area contributed by atoms with E-state index in [9.17, 15) is 4.79 Å². The van der Waals surface area contributed by atoms with E-state index < -0.39 is 0 Å². The number of carbonyl (C=O) groups excluding carboxylic acids is 1. The Balaban J connectivity index is 1.69. The van der Waals surface area contributed by atoms with Crippen LogP contribution >= 0.6 is 0 Å². The van der Waals surface area contributed by atoms with Gasteiger partial charge in [-0.05, 0) is 64.2 Å². The molecule has 0 radical (unpaired) electrons. The zero-order chi connectivity index (χ0) is 14.6. The fourth-order valence-electron chi connectivity index (χ4n) is 4.95. The SMILES string of the molecule is CCC(C)(C)NC(=O)OC12CC3CC(CC(N)(C3)C1)C2. The number of nitrogens with two attached hydrogens (primary N) is 1. The summed E-state index contributed by atoms with van der Waals surface area (Å²) in [5.74, 6) is 1.32. The maximum absolute atomic E-state index is 12.2. The van der Waals surface area contributed by atoms with Crippen LogP contribution in [0.5, 0.6) is 0 Å². The van der Waals surface area contributed by atoms with Crippen molar-refractivity contribution in [3.8, 4) is 0 Å². The van der Waals surface area contributed by atoms with Gasteiger partial charge in [-0.3, -0.25) is 0 Å². The van der Waals surface area contributed by atoms with Crippen LogP contribution in [0.3, 0.4) is 0 Å². The van der Waals surface area contributed by atoms with Gasteiger partial charge in [-0.2, -0.15) is 0 Å². The Morgan fingerprint density at radius 2 is 1.90 bits per heavy atom. The fourth-order valence-corrected chi connectivity index (χ4v) is 4.95. The number of alkyl carbamates (subject to hydrolysis) is 1. The monoisotopic (exact) mass is 280 g/mol. The molecule has 2 unspecified atom stereocenters. The van der Waals surface area contributed by atoms with Gasteiger partial charge in [0.15, 0.2) is 0 Å². The minimum Gasteiger partial charge on any atom is -0.443 e. The molecule has 4 aliphatic rings. The highest BCUT2D eigenvalue weighted by molar-refractivity contribution is 5.68. The maximum Gasteiger partial charge on any atom is 0.408 e. The summed E-state index contributed by atoms with van der Waals surface area (Å²) in [7, 11) is 0. The van der Waals surface area contributed by atoms with E-state index in [1.165, 1.54) is 6.42 Å². The van der Waals surface area contributed by atoms with Gasteiger partial charge in [-0.15, -0.1) is 0 Å². The lowest BCUT2D eigenvalue weighted by Crippen LogP contribution is -2.64. The number of hydrogen-bond acceptors (Lipinski definition) is 3. The largest absolute Gasteiger partial charge is 0.443 e. The molecule has 0 aromatic heterocycles. The van der Waals surface area contributed by atoms with Crippen LogP contribution in [-0.4, -0.2) is 22.8 Å². The van der Waals surface area contributed by atoms with Gasteiger partial charge in [0.25, 0.3) is 0 Å². The number of nitrogens with one attached hydrogen (secondary N) is 1. The zero-order valence-electron chi connectivity index (χ0n) is 13.0. The first-order valence-corrected chi connectivity index (χ1v) is 8.03. The lowest BCUT2D eigenvalue weighted by atomic mass is 9.51. The van der Waals surface area contributed by atoms with Gasteiger partial charge < -0.3 is 15.8 Å². The van der Waals surface area contributed by atoms with Crippen molar-refractivity contribution in [1.29, 1.82) is 0 Å². The first-order valence-electron chi connectivity index (χ1n) is 8.03. The van der Waals surface area contributed by atoms with E-state index in [-0.39, 0.29) is 22.8 Å². The van der Waals surface area contributed by atoms with E-state index in [1.54, 1.807) is 0 Å². The van der Waals surface area contributed by atoms with E-state index in [2.05, 4.69) is 12.2 Å². The molecule has 1 amide bonds. The summed E-state index contributed by atoms with van der Waals surface area (Å²) < 4.78 is 5.92. The molecule has 0 aromatic rings. The van der Waals surface area contributed by atoms with Gasteiger partial charge in [0, 0.05) is 17.5 Å². The molecule has 2 atom stereocenters. The number of rotatable bonds is 3. The third-order valence-electron chi connectivity index (χ3n) is 5.69. The molecule has 4 fully saturated rings. The zero-order valence-corrected chi connectivity index (χ0v) is 13.0. The molecule has 3 N–H and O–H groups in total. The average Bonchev–Trinajstić information content (AvgIpc) is 2.23. The summed E-state index contributed by atoms with van der Waals surface area (Å²) in [5.41, 5.74) is 5.95. The quantitative estimate of drug-likeness (QED) is 0.835. The molecule has 4 saturated carbocycles. The number of ether oxygens (including phenoxy) is 1. The minimum atomic E-state index is -0.285. The van der Waals surface area contributed by atoms with Crippen LogP contribution in [0.2, 0.25) is 0 Å². The molecule has 114 valence electrons. The second-order valence-corrected chi connectivity index (χ2v) is 8.26. The highest BCUT2D eigenvalue weighted by Crippen LogP contribution is 2.57. The molecule has 4 aliphatic carbocycles. The van der Waals surface area contributed by atoms with Gasteiger partial charge in [-0.25, -0.2) is 4.79 Å². The van der Waals surface area contributed by atoms with E-state index in [0.29, 0.717) is 11.8 Å². The lowest BCUT2D eigenvalue weighted by Gasteiger charge is -2.59. The van der Waals surface area contributed by atoms with Crippen molar-refractivity contribution in [3.63, 3.8) is 0 Å². The van der Waals surface area contributed by atoms with Gasteiger partial charge >= 0.3 is 6.09 Å². The average molecular weight is 280 g/mol. The highest BCUT2D eigenvalue weighted by atomic mass is 16.6. The summed E-state index contributed by atoms with van der Waals surface area (Å²) >= 11 is 0. The summed E-state index contributed by atoms with van der Waals surface area (Å²) in [6.45, 7) is 6.12. The van der Waals surface area contributed by atoms with Crippen LogP contribution in [-0.2, 0) is 4.74 Å². The predicted octanol–water partition coefficient (Wildman–Crippen LogP) is 2.95. The lowest BCUT2D eigenvalue weighted by molar-refractivity contribution is -0.136. The molecular formula is C16H28N2O2. The Morgan fingerprint density at radius 3 is 2.40 bits per heavy atom. The summed E-state index contributed by atoms with van der Waals surface area (Å²) in [6, 6.07) is 0. The molecule has 0 heterocycles. The van der Waals surface area contributed by atoms with E-state index in [1.807, 2.05) is 13.8 Å². The summed E-state index contributed by atoms with van der Waals surface area (Å²) in [4.78, 5) is 12.2. The van der Waals surface area contributed by atoms with Crippen LogP contribution in [0.4, 0.5) is 4.79 Å². The van der Waals surface area contributed by atoms with E-state index >= 15 is 0 Å². The highest BCUT2D eigenvalue weighted by Gasteiger charge is 2.58. The normalized spacial score (nSPS) is 42.6. The van der Waals surface area contributed by atoms with Crippen LogP contribution in [0.15, 0.2) is 0 Å². The van der Waals surface area contributed by atoms with Crippen molar-refractivity contribution in [2.45, 2.75) is 82.4 Å². The molecule has 0 saturated heterocycles. The van der Waals surface area contributed by atoms with Crippen LogP contribution in [0.25, 0.3) is 0 Å². The topological polar surface area (TPSA) is 64.3 Å². The number of carbonyl (C=O) groups is 1. The second kappa shape index (κ2) is 4.36. The minimum absolute atomic E-state index is 0.0787. The Hall–Kier alpha value is -0.770. The standard InChI is InChI=1S/C16H28N2O2/c1-4-14(2,3)18-13(19)20-16-8-11-5-12(9-16)7-15(17,6-11)10-16/h11-12H,4-10,17H2,1-3H3,(H,18,19). The molecule has 4 nitrogen and oxygen atoms in total. The summed E-state index contributed by atoms with van der Waals surface area (Å²) in [5, 5.41) is 2.99. The third-order valence-corrected chi connectivity index (χ3v) is 5.69. The van der Waals surface area contributed by atoms with Gasteiger partial charge in [0.1, 0.15) is 5.60 Å². The molecule has 4 bridgehead atoms. The maximum atomic E-state index is 12.2. The van der Waals surface area contributed by atoms with E-state index in [0.717, 1.165) is 38.5 Å². The molecule has 0 spiro atoms. The molecule has 4 heteroatoms. The Kier molecular flexibility index (Phi) is 3.09. The van der Waals surface area contributed by atoms with Crippen molar-refractivity contribution in [1.82, 2.24) is 5.32 Å². The van der Waals surface area contributed by atoms with Crippen LogP contribution < -0.4 is 11.1 Å². The van der Waals surface area contributed by atoms with Crippen molar-refractivity contribution < 1.29 is 9.53 Å². The van der Waals surface area contributed by atoms with Crippen molar-refractivity contribution in [2.24, 2.45) is 17.6 Å². The molecular weight excluding hydrogens is 252 g/mol. The number of amides is 1. The van der Waals surface area contributed by atoms with Crippen molar-refractivity contribution >= 4 is 6.09 Å². The van der Waals surface area contributed by atoms with E-state index in [4.69, 9.17) is 10.5 Å². The molecule has 4 rings (SSSR count). The van der Waals surface area contributed by atoms with Gasteiger partial charge in [-0.1, -0.05) is 6.92 Å². The fraction of sp³-hybridized carbons (Fsp3) is 0.938. The molecule has 0 aliphatic heterocycles. The van der Waals surface area contributed by atoms with Gasteiger partial charge in [0.2, 0.25) is 0 Å². The van der Waals surface area contributed by atoms with Crippen molar-refractivity contribution in [2.75, 3.05) is 0 Å². The molecule has 20 heavy (non-hydrogen) atoms. The smallest absolute Gasteiger partial charge is 0.408 e. The second-order valence-electron chi connectivity index (χ2n) is 8.26. The Labute approximate surface area is 121 Å². The Morgan fingerprint density at radius 1 is 1.30 bits per heavy atom. The molecule has 0 aromatic carbocycles. The van der Waals surface area contributed by atoms with Crippen molar-refractivity contribution in [3.05, 3.63) is 0 Å². The first-order chi connectivity index (χ1) is 9.23. The van der Waals surface area contributed by atoms with Crippen LogP contribution in [0.1, 0.15) is 65.7 Å². The Bertz CT molecular complexity index is 405. The van der Waals surface area contributed by atoms with Gasteiger partial charge in [0.05, 0.1) is 0 Å². The predicted molar refractivity (Wildman–Crippen MR) is 78.3 cm³/mol. The third kappa shape index (κ3) is 2.54. The first kappa shape index (κ1) is 14.2. The summed E-state index contributed by atoms with van der Waals surface area (Å²) in [6.07, 6.45) is 7.04.